The molecule has 24 heavy (non-hydrogen) atoms. The number of aromatic nitrogens is 1. The zero-order valence-electron chi connectivity index (χ0n) is 14.3. The van der Waals surface area contributed by atoms with Gasteiger partial charge in [0.05, 0.1) is 12.3 Å². The van der Waals surface area contributed by atoms with Gasteiger partial charge in [0.2, 0.25) is 0 Å². The third-order valence-electron chi connectivity index (χ3n) is 3.94. The number of aliphatic hydroxyl groups excluding tert-OH is 1. The van der Waals surface area contributed by atoms with Crippen molar-refractivity contribution in [1.29, 1.82) is 0 Å². The van der Waals surface area contributed by atoms with E-state index in [2.05, 4.69) is 15.8 Å². The Hall–Kier alpha value is -2.34. The molecule has 3 N–H and O–H groups in total. The lowest BCUT2D eigenvalue weighted by Crippen LogP contribution is -2.36. The molecule has 0 saturated carbocycles. The van der Waals surface area contributed by atoms with Gasteiger partial charge >= 0.3 is 6.03 Å². The minimum atomic E-state index is -0.202. The minimum absolute atomic E-state index is 0.0449. The summed E-state index contributed by atoms with van der Waals surface area (Å²) >= 11 is 0. The Morgan fingerprint density at radius 1 is 1.12 bits per heavy atom. The molecule has 0 saturated heterocycles. The van der Waals surface area contributed by atoms with Crippen LogP contribution in [-0.2, 0) is 32.4 Å². The van der Waals surface area contributed by atoms with Crippen molar-refractivity contribution in [2.75, 3.05) is 6.54 Å². The zero-order valence-corrected chi connectivity index (χ0v) is 14.3. The molecule has 0 aliphatic heterocycles. The largest absolute Gasteiger partial charge is 0.392 e. The number of nitrogens with zero attached hydrogens (tertiary/aromatic N) is 1. The average molecular weight is 331 g/mol. The summed E-state index contributed by atoms with van der Waals surface area (Å²) in [5, 5.41) is 18.8. The zero-order chi connectivity index (χ0) is 17.4. The molecule has 2 amide bonds. The van der Waals surface area contributed by atoms with Gasteiger partial charge in [-0.2, -0.15) is 0 Å². The summed E-state index contributed by atoms with van der Waals surface area (Å²) in [4.78, 5) is 11.9. The first-order chi connectivity index (χ1) is 11.7. The highest BCUT2D eigenvalue weighted by molar-refractivity contribution is 5.73. The first-order valence-electron chi connectivity index (χ1n) is 8.34. The van der Waals surface area contributed by atoms with Crippen molar-refractivity contribution < 1.29 is 14.4 Å². The van der Waals surface area contributed by atoms with Crippen molar-refractivity contribution in [3.8, 4) is 0 Å². The molecule has 0 atom stereocenters. The second-order valence-electron chi connectivity index (χ2n) is 5.57. The van der Waals surface area contributed by atoms with Crippen molar-refractivity contribution in [3.05, 3.63) is 52.4 Å². The van der Waals surface area contributed by atoms with Crippen LogP contribution in [0.15, 0.2) is 28.8 Å². The summed E-state index contributed by atoms with van der Waals surface area (Å²) in [6, 6.07) is 7.50. The standard InChI is InChI=1S/C18H25N3O3/c1-3-16-15(17(4-2)24-21-16)11-20-18(23)19-10-9-13-5-7-14(12-22)8-6-13/h5-8,22H,3-4,9-12H2,1-2H3,(H2,19,20,23). The third-order valence-corrected chi connectivity index (χ3v) is 3.94. The van der Waals surface area contributed by atoms with Crippen LogP contribution in [0, 0.1) is 0 Å². The highest BCUT2D eigenvalue weighted by Crippen LogP contribution is 2.15. The highest BCUT2D eigenvalue weighted by atomic mass is 16.5. The molecule has 0 unspecified atom stereocenters. The topological polar surface area (TPSA) is 87.4 Å². The van der Waals surface area contributed by atoms with E-state index < -0.39 is 0 Å². The summed E-state index contributed by atoms with van der Waals surface area (Å²) in [6.45, 7) is 5.04. The predicted octanol–water partition coefficient (Wildman–Crippen LogP) is 2.33. The number of amides is 2. The number of carbonyl (C=O) groups excluding carboxylic acids is 1. The SMILES string of the molecule is CCc1noc(CC)c1CNC(=O)NCCc1ccc(CO)cc1. The molecule has 2 rings (SSSR count). The fraction of sp³-hybridized carbons (Fsp3) is 0.444. The Bertz CT molecular complexity index is 629. The fourth-order valence-electron chi connectivity index (χ4n) is 2.50. The van der Waals surface area contributed by atoms with Crippen molar-refractivity contribution in [1.82, 2.24) is 15.8 Å². The van der Waals surface area contributed by atoms with Crippen LogP contribution in [0.2, 0.25) is 0 Å². The highest BCUT2D eigenvalue weighted by Gasteiger charge is 2.13. The molecule has 0 aliphatic carbocycles. The summed E-state index contributed by atoms with van der Waals surface area (Å²) in [5.74, 6) is 0.830. The normalized spacial score (nSPS) is 10.6. The molecule has 0 fully saturated rings. The first-order valence-corrected chi connectivity index (χ1v) is 8.34. The van der Waals surface area contributed by atoms with Gasteiger partial charge in [-0.25, -0.2) is 4.79 Å². The quantitative estimate of drug-likeness (QED) is 0.693. The van der Waals surface area contributed by atoms with Crippen LogP contribution < -0.4 is 10.6 Å². The summed E-state index contributed by atoms with van der Waals surface area (Å²) in [6.07, 6.45) is 2.29. The number of urea groups is 1. The van der Waals surface area contributed by atoms with Crippen LogP contribution in [0.4, 0.5) is 4.79 Å². The average Bonchev–Trinajstić information content (AvgIpc) is 3.02. The molecule has 1 heterocycles. The van der Waals surface area contributed by atoms with Gasteiger partial charge in [-0.1, -0.05) is 43.3 Å². The molecule has 6 heteroatoms. The smallest absolute Gasteiger partial charge is 0.315 e. The van der Waals surface area contributed by atoms with E-state index >= 15 is 0 Å². The second-order valence-corrected chi connectivity index (χ2v) is 5.57. The Labute approximate surface area is 142 Å². The molecular weight excluding hydrogens is 306 g/mol. The van der Waals surface area contributed by atoms with Gasteiger partial charge in [0, 0.05) is 25.1 Å². The molecule has 6 nitrogen and oxygen atoms in total. The fourth-order valence-corrected chi connectivity index (χ4v) is 2.50. The van der Waals surface area contributed by atoms with Crippen molar-refractivity contribution in [3.63, 3.8) is 0 Å². The Kier molecular flexibility index (Phi) is 6.81. The minimum Gasteiger partial charge on any atom is -0.392 e. The second kappa shape index (κ2) is 9.08. The van der Waals surface area contributed by atoms with E-state index in [-0.39, 0.29) is 12.6 Å². The Balaban J connectivity index is 1.76. The number of nitrogens with one attached hydrogen (secondary N) is 2. The van der Waals surface area contributed by atoms with Crippen molar-refractivity contribution >= 4 is 6.03 Å². The maximum Gasteiger partial charge on any atom is 0.315 e. The molecule has 0 bridgehead atoms. The van der Waals surface area contributed by atoms with E-state index in [1.807, 2.05) is 38.1 Å². The molecular formula is C18H25N3O3. The van der Waals surface area contributed by atoms with E-state index in [4.69, 9.17) is 9.63 Å². The molecule has 0 radical (unpaired) electrons. The van der Waals surface area contributed by atoms with Crippen molar-refractivity contribution in [2.45, 2.75) is 46.3 Å². The lowest BCUT2D eigenvalue weighted by molar-refractivity contribution is 0.240. The van der Waals surface area contributed by atoms with Crippen molar-refractivity contribution in [2.24, 2.45) is 0 Å². The Morgan fingerprint density at radius 3 is 2.46 bits per heavy atom. The van der Waals surface area contributed by atoms with Crippen LogP contribution in [-0.4, -0.2) is 22.8 Å². The molecule has 0 spiro atoms. The summed E-state index contributed by atoms with van der Waals surface area (Å²) < 4.78 is 5.29. The van der Waals surface area contributed by atoms with Gasteiger partial charge in [0.15, 0.2) is 0 Å². The van der Waals surface area contributed by atoms with Crippen LogP contribution >= 0.6 is 0 Å². The van der Waals surface area contributed by atoms with Gasteiger partial charge in [0.25, 0.3) is 0 Å². The molecule has 1 aromatic carbocycles. The number of aryl methyl sites for hydroxylation is 2. The third kappa shape index (κ3) is 4.83. The van der Waals surface area contributed by atoms with Gasteiger partial charge < -0.3 is 20.3 Å². The molecule has 130 valence electrons. The maximum absolute atomic E-state index is 11.9. The van der Waals surface area contributed by atoms with E-state index in [9.17, 15) is 4.79 Å². The summed E-state index contributed by atoms with van der Waals surface area (Å²) in [5.41, 5.74) is 3.88. The monoisotopic (exact) mass is 331 g/mol. The van der Waals surface area contributed by atoms with Gasteiger partial charge in [-0.05, 0) is 24.0 Å². The van der Waals surface area contributed by atoms with E-state index in [0.717, 1.165) is 47.4 Å². The first kappa shape index (κ1) is 18.0. The van der Waals surface area contributed by atoms with E-state index in [1.165, 1.54) is 0 Å². The molecule has 0 aliphatic rings. The Morgan fingerprint density at radius 2 is 1.83 bits per heavy atom. The molecule has 1 aromatic heterocycles. The number of hydrogen-bond acceptors (Lipinski definition) is 4. The van der Waals surface area contributed by atoms with Gasteiger partial charge in [-0.15, -0.1) is 0 Å². The van der Waals surface area contributed by atoms with Crippen LogP contribution in [0.5, 0.6) is 0 Å². The number of rotatable bonds is 8. The van der Waals surface area contributed by atoms with Crippen LogP contribution in [0.3, 0.4) is 0 Å². The number of aliphatic hydroxyl groups is 1. The van der Waals surface area contributed by atoms with Gasteiger partial charge in [-0.3, -0.25) is 0 Å². The number of carbonyl (C=O) groups is 1. The van der Waals surface area contributed by atoms with Crippen LogP contribution in [0.25, 0.3) is 0 Å². The molecule has 2 aromatic rings. The maximum atomic E-state index is 11.9. The van der Waals surface area contributed by atoms with E-state index in [0.29, 0.717) is 13.1 Å². The van der Waals surface area contributed by atoms with E-state index in [1.54, 1.807) is 0 Å². The lowest BCUT2D eigenvalue weighted by Gasteiger charge is -2.08. The predicted molar refractivity (Wildman–Crippen MR) is 91.6 cm³/mol. The summed E-state index contributed by atoms with van der Waals surface area (Å²) in [7, 11) is 0. The van der Waals surface area contributed by atoms with Gasteiger partial charge in [0.1, 0.15) is 5.76 Å². The van der Waals surface area contributed by atoms with Crippen LogP contribution in [0.1, 0.15) is 42.0 Å². The number of hydrogen-bond donors (Lipinski definition) is 3. The lowest BCUT2D eigenvalue weighted by atomic mass is 10.1. The number of benzene rings is 1.